The van der Waals surface area contributed by atoms with Crippen molar-refractivity contribution < 1.29 is 0 Å². The van der Waals surface area contributed by atoms with E-state index in [2.05, 4.69) is 29.0 Å². The van der Waals surface area contributed by atoms with Gasteiger partial charge in [0.25, 0.3) is 0 Å². The number of anilines is 1. The number of thiazole rings is 1. The predicted octanol–water partition coefficient (Wildman–Crippen LogP) is 2.55. The van der Waals surface area contributed by atoms with Gasteiger partial charge in [-0.15, -0.1) is 11.3 Å². The molecule has 5 heteroatoms. The van der Waals surface area contributed by atoms with Crippen LogP contribution in [0.4, 0.5) is 5.82 Å². The first kappa shape index (κ1) is 10.2. The highest BCUT2D eigenvalue weighted by atomic mass is 32.1. The molecule has 0 atom stereocenters. The number of nitrogens with one attached hydrogen (secondary N) is 1. The molecule has 0 fully saturated rings. The van der Waals surface area contributed by atoms with Crippen LogP contribution in [0.1, 0.15) is 30.3 Å². The molecular formula is C10H14N4S. The lowest BCUT2D eigenvalue weighted by Gasteiger charge is -2.04. The molecule has 2 rings (SSSR count). The van der Waals surface area contributed by atoms with E-state index in [0.29, 0.717) is 11.7 Å². The van der Waals surface area contributed by atoms with Crippen LogP contribution in [-0.2, 0) is 0 Å². The number of aryl methyl sites for hydroxylation is 1. The zero-order valence-corrected chi connectivity index (χ0v) is 9.85. The van der Waals surface area contributed by atoms with E-state index in [1.807, 2.05) is 13.1 Å². The summed E-state index contributed by atoms with van der Waals surface area (Å²) in [4.78, 5) is 5.33. The minimum atomic E-state index is 0.362. The van der Waals surface area contributed by atoms with Gasteiger partial charge in [-0.05, 0) is 12.8 Å². The molecule has 0 aromatic carbocycles. The Balaban J connectivity index is 2.53. The molecule has 4 nitrogen and oxygen atoms in total. The Morgan fingerprint density at radius 3 is 2.73 bits per heavy atom. The third kappa shape index (κ3) is 1.74. The molecule has 0 radical (unpaired) electrons. The molecule has 0 saturated heterocycles. The van der Waals surface area contributed by atoms with Crippen molar-refractivity contribution in [2.45, 2.75) is 26.7 Å². The Morgan fingerprint density at radius 2 is 2.20 bits per heavy atom. The van der Waals surface area contributed by atoms with Crippen LogP contribution in [-0.4, -0.2) is 15.2 Å². The molecule has 2 aromatic heterocycles. The number of aromatic nitrogens is 3. The fourth-order valence-electron chi connectivity index (χ4n) is 1.61. The van der Waals surface area contributed by atoms with Crippen molar-refractivity contribution in [3.05, 3.63) is 16.8 Å². The Bertz CT molecular complexity index is 469. The largest absolute Gasteiger partial charge is 0.382 e. The van der Waals surface area contributed by atoms with Gasteiger partial charge in [0.1, 0.15) is 5.82 Å². The van der Waals surface area contributed by atoms with E-state index in [0.717, 1.165) is 21.1 Å². The van der Waals surface area contributed by atoms with Gasteiger partial charge in [0, 0.05) is 11.8 Å². The molecule has 0 saturated carbocycles. The SMILES string of the molecule is Cc1ncc(-c2[nH]nc(N)c2C(C)C)s1. The van der Waals surface area contributed by atoms with Crippen LogP contribution in [0.2, 0.25) is 0 Å². The molecule has 3 N–H and O–H groups in total. The van der Waals surface area contributed by atoms with Gasteiger partial charge in [-0.3, -0.25) is 5.10 Å². The van der Waals surface area contributed by atoms with Crippen molar-refractivity contribution in [2.75, 3.05) is 5.73 Å². The number of nitrogens with two attached hydrogens (primary N) is 1. The lowest BCUT2D eigenvalue weighted by molar-refractivity contribution is 0.873. The van der Waals surface area contributed by atoms with E-state index in [-0.39, 0.29) is 0 Å². The Kier molecular flexibility index (Phi) is 2.48. The van der Waals surface area contributed by atoms with Crippen molar-refractivity contribution in [3.8, 4) is 10.6 Å². The van der Waals surface area contributed by atoms with E-state index in [9.17, 15) is 0 Å². The maximum atomic E-state index is 5.83. The Morgan fingerprint density at radius 1 is 1.47 bits per heavy atom. The summed E-state index contributed by atoms with van der Waals surface area (Å²) in [7, 11) is 0. The van der Waals surface area contributed by atoms with Crippen molar-refractivity contribution in [2.24, 2.45) is 0 Å². The fraction of sp³-hybridized carbons (Fsp3) is 0.400. The number of nitrogen functional groups attached to an aromatic ring is 1. The lowest BCUT2D eigenvalue weighted by Crippen LogP contribution is -1.94. The molecule has 0 unspecified atom stereocenters. The van der Waals surface area contributed by atoms with Crippen LogP contribution in [0.25, 0.3) is 10.6 Å². The second-order valence-corrected chi connectivity index (χ2v) is 5.03. The summed E-state index contributed by atoms with van der Waals surface area (Å²) in [5.41, 5.74) is 7.92. The van der Waals surface area contributed by atoms with Gasteiger partial charge in [0.15, 0.2) is 0 Å². The van der Waals surface area contributed by atoms with Gasteiger partial charge in [-0.1, -0.05) is 13.8 Å². The van der Waals surface area contributed by atoms with Crippen molar-refractivity contribution in [3.63, 3.8) is 0 Å². The van der Waals surface area contributed by atoms with Gasteiger partial charge in [-0.25, -0.2) is 4.98 Å². The number of nitrogens with zero attached hydrogens (tertiary/aromatic N) is 2. The maximum absolute atomic E-state index is 5.83. The summed E-state index contributed by atoms with van der Waals surface area (Å²) >= 11 is 1.65. The smallest absolute Gasteiger partial charge is 0.149 e. The zero-order valence-electron chi connectivity index (χ0n) is 9.03. The molecule has 15 heavy (non-hydrogen) atoms. The molecular weight excluding hydrogens is 208 g/mol. The van der Waals surface area contributed by atoms with Gasteiger partial charge in [-0.2, -0.15) is 5.10 Å². The van der Waals surface area contributed by atoms with E-state index >= 15 is 0 Å². The first-order chi connectivity index (χ1) is 7.09. The van der Waals surface area contributed by atoms with Crippen LogP contribution in [0.3, 0.4) is 0 Å². The lowest BCUT2D eigenvalue weighted by atomic mass is 10.0. The summed E-state index contributed by atoms with van der Waals surface area (Å²) in [5, 5.41) is 8.08. The minimum absolute atomic E-state index is 0.362. The van der Waals surface area contributed by atoms with E-state index in [1.165, 1.54) is 0 Å². The maximum Gasteiger partial charge on any atom is 0.149 e. The quantitative estimate of drug-likeness (QED) is 0.820. The van der Waals surface area contributed by atoms with Gasteiger partial charge in [0.2, 0.25) is 0 Å². The van der Waals surface area contributed by atoms with Gasteiger partial charge >= 0.3 is 0 Å². The highest BCUT2D eigenvalue weighted by Gasteiger charge is 2.16. The second-order valence-electron chi connectivity index (χ2n) is 3.80. The number of H-pyrrole nitrogens is 1. The summed E-state index contributed by atoms with van der Waals surface area (Å²) in [6, 6.07) is 0. The summed E-state index contributed by atoms with van der Waals surface area (Å²) < 4.78 is 0. The van der Waals surface area contributed by atoms with E-state index in [4.69, 9.17) is 5.73 Å². The number of aromatic amines is 1. The number of hydrogen-bond acceptors (Lipinski definition) is 4. The van der Waals surface area contributed by atoms with Crippen LogP contribution < -0.4 is 5.73 Å². The minimum Gasteiger partial charge on any atom is -0.382 e. The molecule has 0 aliphatic heterocycles. The molecule has 2 heterocycles. The van der Waals surface area contributed by atoms with Crippen LogP contribution in [0, 0.1) is 6.92 Å². The highest BCUT2D eigenvalue weighted by Crippen LogP contribution is 2.33. The molecule has 0 aliphatic rings. The average molecular weight is 222 g/mol. The molecule has 0 aliphatic carbocycles. The number of rotatable bonds is 2. The van der Waals surface area contributed by atoms with Gasteiger partial charge in [0.05, 0.1) is 15.6 Å². The first-order valence-corrected chi connectivity index (χ1v) is 5.67. The zero-order chi connectivity index (χ0) is 11.0. The first-order valence-electron chi connectivity index (χ1n) is 4.86. The normalized spacial score (nSPS) is 11.2. The molecule has 2 aromatic rings. The average Bonchev–Trinajstić information content (AvgIpc) is 2.71. The third-order valence-electron chi connectivity index (χ3n) is 2.28. The summed E-state index contributed by atoms with van der Waals surface area (Å²) in [6.07, 6.45) is 1.86. The second kappa shape index (κ2) is 3.66. The van der Waals surface area contributed by atoms with Crippen molar-refractivity contribution >= 4 is 17.2 Å². The molecule has 0 amide bonds. The molecule has 0 bridgehead atoms. The van der Waals surface area contributed by atoms with Crippen molar-refractivity contribution in [1.29, 1.82) is 0 Å². The van der Waals surface area contributed by atoms with Crippen LogP contribution >= 0.6 is 11.3 Å². The Labute approximate surface area is 92.5 Å². The topological polar surface area (TPSA) is 67.6 Å². The Hall–Kier alpha value is -1.36. The summed E-state index contributed by atoms with van der Waals surface area (Å²) in [5.74, 6) is 0.951. The van der Waals surface area contributed by atoms with E-state index in [1.54, 1.807) is 11.3 Å². The summed E-state index contributed by atoms with van der Waals surface area (Å²) in [6.45, 7) is 6.21. The number of hydrogen-bond donors (Lipinski definition) is 2. The fourth-order valence-corrected chi connectivity index (χ4v) is 2.40. The molecule has 80 valence electrons. The van der Waals surface area contributed by atoms with Gasteiger partial charge < -0.3 is 5.73 Å². The van der Waals surface area contributed by atoms with Crippen LogP contribution in [0.15, 0.2) is 6.20 Å². The van der Waals surface area contributed by atoms with Crippen molar-refractivity contribution in [1.82, 2.24) is 15.2 Å². The monoisotopic (exact) mass is 222 g/mol. The third-order valence-corrected chi connectivity index (χ3v) is 3.21. The standard InChI is InChI=1S/C10H14N4S/c1-5(2)8-9(13-14-10(8)11)7-4-12-6(3)15-7/h4-5H,1-3H3,(H3,11,13,14). The van der Waals surface area contributed by atoms with Crippen LogP contribution in [0.5, 0.6) is 0 Å². The van der Waals surface area contributed by atoms with E-state index < -0.39 is 0 Å². The highest BCUT2D eigenvalue weighted by molar-refractivity contribution is 7.15. The molecule has 0 spiro atoms. The predicted molar refractivity (Wildman–Crippen MR) is 62.9 cm³/mol.